The maximum atomic E-state index is 4.35. The second-order valence-corrected chi connectivity index (χ2v) is 6.52. The molecule has 2 N–H and O–H groups in total. The molecule has 2 rings (SSSR count). The van der Waals surface area contributed by atoms with Gasteiger partial charge in [-0.2, -0.15) is 0 Å². The van der Waals surface area contributed by atoms with Crippen LogP contribution in [0.1, 0.15) is 45.1 Å². The molecule has 1 aromatic carbocycles. The van der Waals surface area contributed by atoms with Gasteiger partial charge in [-0.25, -0.2) is 0 Å². The molecule has 0 radical (unpaired) electrons. The van der Waals surface area contributed by atoms with Gasteiger partial charge in [-0.3, -0.25) is 9.89 Å². The van der Waals surface area contributed by atoms with Crippen LogP contribution in [-0.4, -0.2) is 43.1 Å². The molecule has 23 heavy (non-hydrogen) atoms. The number of rotatable bonds is 6. The van der Waals surface area contributed by atoms with E-state index in [1.807, 2.05) is 7.05 Å². The topological polar surface area (TPSA) is 39.7 Å². The van der Waals surface area contributed by atoms with Crippen LogP contribution in [-0.2, 0) is 6.54 Å². The number of guanidine groups is 1. The fourth-order valence-electron chi connectivity index (χ4n) is 3.18. The third kappa shape index (κ3) is 5.87. The van der Waals surface area contributed by atoms with E-state index in [1.54, 1.807) is 0 Å². The Morgan fingerprint density at radius 2 is 2.09 bits per heavy atom. The van der Waals surface area contributed by atoms with E-state index in [1.165, 1.54) is 31.2 Å². The Kier molecular flexibility index (Phi) is 7.40. The molecule has 0 spiro atoms. The number of hydrogen-bond donors (Lipinski definition) is 2. The first-order valence-corrected chi connectivity index (χ1v) is 8.98. The molecule has 1 fully saturated rings. The molecule has 0 aliphatic carbocycles. The van der Waals surface area contributed by atoms with E-state index in [0.29, 0.717) is 12.1 Å². The highest BCUT2D eigenvalue weighted by Gasteiger charge is 2.25. The summed E-state index contributed by atoms with van der Waals surface area (Å²) in [6, 6.07) is 11.9. The minimum atomic E-state index is 0.518. The fourth-order valence-corrected chi connectivity index (χ4v) is 3.18. The summed E-state index contributed by atoms with van der Waals surface area (Å²) in [4.78, 5) is 6.93. The maximum absolute atomic E-state index is 4.35. The lowest BCUT2D eigenvalue weighted by molar-refractivity contribution is 0.134. The van der Waals surface area contributed by atoms with Crippen molar-refractivity contribution in [2.24, 2.45) is 4.99 Å². The zero-order valence-electron chi connectivity index (χ0n) is 14.9. The molecule has 128 valence electrons. The highest BCUT2D eigenvalue weighted by molar-refractivity contribution is 5.79. The van der Waals surface area contributed by atoms with Crippen LogP contribution in [0.25, 0.3) is 0 Å². The highest BCUT2D eigenvalue weighted by Crippen LogP contribution is 2.19. The third-order valence-electron chi connectivity index (χ3n) is 4.63. The molecular weight excluding hydrogens is 284 g/mol. The van der Waals surface area contributed by atoms with E-state index in [2.05, 4.69) is 64.7 Å². The second-order valence-electron chi connectivity index (χ2n) is 6.52. The number of unbranched alkanes of at least 4 members (excludes halogenated alkanes) is 1. The van der Waals surface area contributed by atoms with E-state index in [4.69, 9.17) is 0 Å². The summed E-state index contributed by atoms with van der Waals surface area (Å²) in [5.41, 5.74) is 1.41. The molecule has 1 aliphatic heterocycles. The van der Waals surface area contributed by atoms with Gasteiger partial charge in [-0.05, 0) is 31.7 Å². The van der Waals surface area contributed by atoms with Gasteiger partial charge in [-0.1, -0.05) is 43.7 Å². The van der Waals surface area contributed by atoms with Crippen molar-refractivity contribution in [3.05, 3.63) is 35.9 Å². The third-order valence-corrected chi connectivity index (χ3v) is 4.63. The fraction of sp³-hybridized carbons (Fsp3) is 0.632. The van der Waals surface area contributed by atoms with Crippen LogP contribution in [0.2, 0.25) is 0 Å². The maximum Gasteiger partial charge on any atom is 0.191 e. The Morgan fingerprint density at radius 3 is 2.74 bits per heavy atom. The lowest BCUT2D eigenvalue weighted by Crippen LogP contribution is -2.51. The van der Waals surface area contributed by atoms with Gasteiger partial charge in [0.05, 0.1) is 0 Å². The Hall–Kier alpha value is -1.55. The van der Waals surface area contributed by atoms with Gasteiger partial charge in [0.15, 0.2) is 5.96 Å². The first kappa shape index (κ1) is 17.8. The Bertz CT molecular complexity index is 472. The van der Waals surface area contributed by atoms with Crippen molar-refractivity contribution in [3.8, 4) is 0 Å². The molecule has 0 saturated carbocycles. The van der Waals surface area contributed by atoms with Crippen molar-refractivity contribution >= 4 is 5.96 Å². The molecule has 2 atom stereocenters. The van der Waals surface area contributed by atoms with E-state index in [-0.39, 0.29) is 0 Å². The van der Waals surface area contributed by atoms with Crippen LogP contribution < -0.4 is 10.6 Å². The lowest BCUT2D eigenvalue weighted by Gasteiger charge is -2.38. The van der Waals surface area contributed by atoms with Crippen LogP contribution in [0.5, 0.6) is 0 Å². The van der Waals surface area contributed by atoms with Crippen LogP contribution in [0.4, 0.5) is 0 Å². The molecule has 1 aromatic rings. The lowest BCUT2D eigenvalue weighted by atomic mass is 9.97. The second kappa shape index (κ2) is 9.56. The summed E-state index contributed by atoms with van der Waals surface area (Å²) >= 11 is 0. The first-order chi connectivity index (χ1) is 11.2. The normalized spacial score (nSPS) is 22.8. The van der Waals surface area contributed by atoms with Crippen molar-refractivity contribution in [3.63, 3.8) is 0 Å². The number of nitrogens with zero attached hydrogens (tertiary/aromatic N) is 2. The predicted octanol–water partition coefficient (Wildman–Crippen LogP) is 3.00. The molecule has 4 nitrogen and oxygen atoms in total. The Balaban J connectivity index is 1.79. The summed E-state index contributed by atoms with van der Waals surface area (Å²) in [5, 5.41) is 7.00. The van der Waals surface area contributed by atoms with Crippen molar-refractivity contribution < 1.29 is 0 Å². The van der Waals surface area contributed by atoms with Gasteiger partial charge in [0.2, 0.25) is 0 Å². The van der Waals surface area contributed by atoms with Crippen molar-refractivity contribution in [2.75, 3.05) is 20.1 Å². The average molecular weight is 316 g/mol. The van der Waals surface area contributed by atoms with Gasteiger partial charge >= 0.3 is 0 Å². The van der Waals surface area contributed by atoms with Crippen molar-refractivity contribution in [1.29, 1.82) is 0 Å². The predicted molar refractivity (Wildman–Crippen MR) is 98.7 cm³/mol. The summed E-state index contributed by atoms with van der Waals surface area (Å²) < 4.78 is 0. The molecule has 1 saturated heterocycles. The van der Waals surface area contributed by atoms with Crippen molar-refractivity contribution in [2.45, 2.75) is 58.2 Å². The first-order valence-electron chi connectivity index (χ1n) is 8.98. The Morgan fingerprint density at radius 1 is 1.30 bits per heavy atom. The smallest absolute Gasteiger partial charge is 0.191 e. The summed E-state index contributed by atoms with van der Waals surface area (Å²) in [6.45, 7) is 7.74. The molecule has 0 amide bonds. The van der Waals surface area contributed by atoms with Crippen LogP contribution >= 0.6 is 0 Å². The van der Waals surface area contributed by atoms with Gasteiger partial charge in [0.25, 0.3) is 0 Å². The zero-order chi connectivity index (χ0) is 16.5. The van der Waals surface area contributed by atoms with Crippen LogP contribution in [0.3, 0.4) is 0 Å². The van der Waals surface area contributed by atoms with Gasteiger partial charge in [-0.15, -0.1) is 0 Å². The van der Waals surface area contributed by atoms with Gasteiger partial charge in [0.1, 0.15) is 0 Å². The molecule has 4 heteroatoms. The summed E-state index contributed by atoms with van der Waals surface area (Å²) in [7, 11) is 1.86. The number of benzene rings is 1. The minimum absolute atomic E-state index is 0.518. The zero-order valence-corrected chi connectivity index (χ0v) is 14.9. The van der Waals surface area contributed by atoms with Gasteiger partial charge < -0.3 is 10.6 Å². The van der Waals surface area contributed by atoms with Gasteiger partial charge in [0, 0.05) is 38.8 Å². The van der Waals surface area contributed by atoms with E-state index in [0.717, 1.165) is 25.6 Å². The monoisotopic (exact) mass is 316 g/mol. The average Bonchev–Trinajstić information content (AvgIpc) is 2.57. The summed E-state index contributed by atoms with van der Waals surface area (Å²) in [5.74, 6) is 0.951. The van der Waals surface area contributed by atoms with Crippen LogP contribution in [0, 0.1) is 0 Å². The molecule has 1 heterocycles. The summed E-state index contributed by atoms with van der Waals surface area (Å²) in [6.07, 6.45) is 4.73. The standard InChI is InChI=1S/C19H32N4/c1-4-5-12-21-19(20-3)22-18-11-13-23(16(2)14-18)15-17-9-7-6-8-10-17/h6-10,16,18H,4-5,11-15H2,1-3H3,(H2,20,21,22). The van der Waals surface area contributed by atoms with Crippen molar-refractivity contribution in [1.82, 2.24) is 15.5 Å². The number of nitrogens with one attached hydrogen (secondary N) is 2. The highest BCUT2D eigenvalue weighted by atomic mass is 15.2. The number of aliphatic imine (C=N–C) groups is 1. The quantitative estimate of drug-likeness (QED) is 0.481. The molecule has 2 unspecified atom stereocenters. The number of likely N-dealkylation sites (tertiary alicyclic amines) is 1. The van der Waals surface area contributed by atoms with E-state index < -0.39 is 0 Å². The molecule has 0 bridgehead atoms. The molecule has 0 aromatic heterocycles. The Labute approximate surface area is 141 Å². The number of piperidine rings is 1. The number of hydrogen-bond acceptors (Lipinski definition) is 2. The molecular formula is C19H32N4. The minimum Gasteiger partial charge on any atom is -0.356 e. The molecule has 1 aliphatic rings. The van der Waals surface area contributed by atoms with Crippen LogP contribution in [0.15, 0.2) is 35.3 Å². The van der Waals surface area contributed by atoms with E-state index in [9.17, 15) is 0 Å². The SMILES string of the molecule is CCCCNC(=NC)NC1CCN(Cc2ccccc2)C(C)C1. The van der Waals surface area contributed by atoms with E-state index >= 15 is 0 Å². The largest absolute Gasteiger partial charge is 0.356 e.